The van der Waals surface area contributed by atoms with Gasteiger partial charge in [-0.3, -0.25) is 0 Å². The first-order valence-corrected chi connectivity index (χ1v) is 9.30. The first kappa shape index (κ1) is 15.4. The molecular weight excluding hydrogens is 284 g/mol. The van der Waals surface area contributed by atoms with Crippen molar-refractivity contribution >= 4 is 0 Å². The summed E-state index contributed by atoms with van der Waals surface area (Å²) in [5.41, 5.74) is 0.938. The molecule has 2 bridgehead atoms. The third kappa shape index (κ3) is 2.45. The summed E-state index contributed by atoms with van der Waals surface area (Å²) >= 11 is 0. The zero-order valence-electron chi connectivity index (χ0n) is 14.8. The molecule has 1 aromatic carbocycles. The Labute approximate surface area is 140 Å². The second-order valence-corrected chi connectivity index (χ2v) is 9.45. The van der Waals surface area contributed by atoms with Crippen molar-refractivity contribution in [1.82, 2.24) is 0 Å². The van der Waals surface area contributed by atoms with Gasteiger partial charge in [0, 0.05) is 5.92 Å². The largest absolute Gasteiger partial charge is 0.508 e. The van der Waals surface area contributed by atoms with E-state index in [1.165, 1.54) is 44.9 Å². The van der Waals surface area contributed by atoms with Crippen molar-refractivity contribution in [3.05, 3.63) is 24.3 Å². The number of phenolic OH excluding ortho intramolecular Hbond substituents is 1. The molecule has 3 saturated carbocycles. The van der Waals surface area contributed by atoms with E-state index in [2.05, 4.69) is 20.8 Å². The van der Waals surface area contributed by atoms with Crippen LogP contribution < -0.4 is 4.74 Å². The Morgan fingerprint density at radius 2 is 1.74 bits per heavy atom. The summed E-state index contributed by atoms with van der Waals surface area (Å²) in [5.74, 6) is 2.75. The topological polar surface area (TPSA) is 29.5 Å². The third-order valence-electron chi connectivity index (χ3n) is 7.23. The van der Waals surface area contributed by atoms with Crippen LogP contribution in [0.3, 0.4) is 0 Å². The highest BCUT2D eigenvalue weighted by Gasteiger charge is 2.62. The van der Waals surface area contributed by atoms with Gasteiger partial charge in [-0.2, -0.15) is 0 Å². The van der Waals surface area contributed by atoms with E-state index in [9.17, 15) is 5.11 Å². The van der Waals surface area contributed by atoms with Crippen LogP contribution in [0.5, 0.6) is 11.5 Å². The second kappa shape index (κ2) is 4.91. The van der Waals surface area contributed by atoms with Gasteiger partial charge in [0.25, 0.3) is 0 Å². The molecule has 2 nitrogen and oxygen atoms in total. The van der Waals surface area contributed by atoms with Gasteiger partial charge in [-0.1, -0.05) is 20.8 Å². The molecular formula is C21H30O2. The first-order chi connectivity index (χ1) is 10.8. The fourth-order valence-electron chi connectivity index (χ4n) is 6.05. The number of hydrogen-bond acceptors (Lipinski definition) is 2. The molecule has 0 amide bonds. The minimum Gasteiger partial charge on any atom is -0.508 e. The third-order valence-corrected chi connectivity index (χ3v) is 7.23. The fraction of sp³-hybridized carbons (Fsp3) is 0.714. The van der Waals surface area contributed by atoms with Crippen LogP contribution >= 0.6 is 0 Å². The molecule has 1 N–H and O–H groups in total. The van der Waals surface area contributed by atoms with E-state index in [1.807, 2.05) is 12.1 Å². The molecule has 0 spiro atoms. The number of ether oxygens (including phenoxy) is 1. The molecule has 2 heteroatoms. The second-order valence-electron chi connectivity index (χ2n) is 9.45. The number of rotatable bonds is 2. The minimum absolute atomic E-state index is 0.0145. The summed E-state index contributed by atoms with van der Waals surface area (Å²) < 4.78 is 6.73. The zero-order valence-corrected chi connectivity index (χ0v) is 14.8. The van der Waals surface area contributed by atoms with E-state index in [4.69, 9.17) is 4.74 Å². The highest BCUT2D eigenvalue weighted by Crippen LogP contribution is 2.65. The van der Waals surface area contributed by atoms with Crippen molar-refractivity contribution in [3.8, 4) is 11.5 Å². The fourth-order valence-corrected chi connectivity index (χ4v) is 6.05. The van der Waals surface area contributed by atoms with Gasteiger partial charge in [0.15, 0.2) is 0 Å². The number of phenols is 1. The lowest BCUT2D eigenvalue weighted by atomic mass is 9.49. The normalized spacial score (nSPS) is 41.3. The molecule has 4 rings (SSSR count). The first-order valence-electron chi connectivity index (χ1n) is 9.30. The Bertz CT molecular complexity index is 590. The van der Waals surface area contributed by atoms with Gasteiger partial charge >= 0.3 is 0 Å². The van der Waals surface area contributed by atoms with Crippen molar-refractivity contribution in [2.45, 2.75) is 71.3 Å². The predicted molar refractivity (Wildman–Crippen MR) is 92.7 cm³/mol. The average Bonchev–Trinajstić information content (AvgIpc) is 2.53. The lowest BCUT2D eigenvalue weighted by Crippen LogP contribution is -2.59. The lowest BCUT2D eigenvalue weighted by Gasteiger charge is -2.59. The molecule has 0 saturated heterocycles. The van der Waals surface area contributed by atoms with Gasteiger partial charge in [0.2, 0.25) is 0 Å². The van der Waals surface area contributed by atoms with Gasteiger partial charge in [0.1, 0.15) is 17.1 Å². The molecule has 3 fully saturated rings. The number of hydrogen-bond donors (Lipinski definition) is 1. The van der Waals surface area contributed by atoms with E-state index < -0.39 is 0 Å². The smallest absolute Gasteiger partial charge is 0.120 e. The zero-order chi connectivity index (χ0) is 16.3. The van der Waals surface area contributed by atoms with Crippen molar-refractivity contribution in [3.63, 3.8) is 0 Å². The molecule has 0 radical (unpaired) electrons. The van der Waals surface area contributed by atoms with Crippen LogP contribution in [-0.2, 0) is 0 Å². The van der Waals surface area contributed by atoms with Gasteiger partial charge in [0.05, 0.1) is 0 Å². The van der Waals surface area contributed by atoms with Crippen LogP contribution in [0, 0.1) is 22.7 Å². The van der Waals surface area contributed by atoms with Crippen molar-refractivity contribution in [2.24, 2.45) is 22.7 Å². The maximum Gasteiger partial charge on any atom is 0.120 e. The SMILES string of the molecule is CC1(C)C[C@H]2[C@H]1CC[C@]1(C)CCC[C@@]2(Oc2ccc(O)cc2)C1. The molecule has 1 aromatic rings. The summed E-state index contributed by atoms with van der Waals surface area (Å²) in [7, 11) is 0. The quantitative estimate of drug-likeness (QED) is 0.776. The summed E-state index contributed by atoms with van der Waals surface area (Å²) in [6.07, 6.45) is 9.07. The summed E-state index contributed by atoms with van der Waals surface area (Å²) in [4.78, 5) is 0. The standard InChI is InChI=1S/C21H30O2/c1-19(2)13-18-17(19)9-12-20(3)10-4-11-21(18,14-20)23-16-7-5-15(22)6-8-16/h5-8,17-18,22H,4,9-14H2,1-3H3/t17-,18+,20+,21-/m1/s1. The molecule has 126 valence electrons. The molecule has 0 aromatic heterocycles. The molecule has 0 heterocycles. The van der Waals surface area contributed by atoms with Crippen molar-refractivity contribution in [1.29, 1.82) is 0 Å². The average molecular weight is 314 g/mol. The highest BCUT2D eigenvalue weighted by molar-refractivity contribution is 5.31. The molecule has 0 aliphatic heterocycles. The predicted octanol–water partition coefficient (Wildman–Crippen LogP) is 5.55. The van der Waals surface area contributed by atoms with Crippen molar-refractivity contribution in [2.75, 3.05) is 0 Å². The molecule has 3 aliphatic rings. The Balaban J connectivity index is 1.68. The summed E-state index contributed by atoms with van der Waals surface area (Å²) in [5, 5.41) is 9.54. The van der Waals surface area contributed by atoms with Gasteiger partial charge < -0.3 is 9.84 Å². The highest BCUT2D eigenvalue weighted by atomic mass is 16.5. The van der Waals surface area contributed by atoms with Crippen LogP contribution in [0.2, 0.25) is 0 Å². The monoisotopic (exact) mass is 314 g/mol. The molecule has 4 atom stereocenters. The Morgan fingerprint density at radius 3 is 2.43 bits per heavy atom. The lowest BCUT2D eigenvalue weighted by molar-refractivity contribution is -0.146. The number of benzene rings is 1. The van der Waals surface area contributed by atoms with E-state index >= 15 is 0 Å². The van der Waals surface area contributed by atoms with Crippen LogP contribution in [0.1, 0.15) is 65.7 Å². The van der Waals surface area contributed by atoms with Gasteiger partial charge in [-0.05, 0) is 86.0 Å². The maximum atomic E-state index is 9.54. The minimum atomic E-state index is 0.0145. The van der Waals surface area contributed by atoms with E-state index in [0.29, 0.717) is 22.5 Å². The van der Waals surface area contributed by atoms with E-state index in [0.717, 1.165) is 11.7 Å². The van der Waals surface area contributed by atoms with Gasteiger partial charge in [-0.15, -0.1) is 0 Å². The number of fused-ring (bicyclic) bond motifs is 4. The van der Waals surface area contributed by atoms with Crippen LogP contribution in [0.4, 0.5) is 0 Å². The molecule has 0 unspecified atom stereocenters. The Hall–Kier alpha value is -1.18. The van der Waals surface area contributed by atoms with Crippen LogP contribution in [0.15, 0.2) is 24.3 Å². The van der Waals surface area contributed by atoms with E-state index in [-0.39, 0.29) is 5.60 Å². The van der Waals surface area contributed by atoms with Crippen LogP contribution in [0.25, 0.3) is 0 Å². The molecule has 3 aliphatic carbocycles. The van der Waals surface area contributed by atoms with Crippen molar-refractivity contribution < 1.29 is 9.84 Å². The van der Waals surface area contributed by atoms with Crippen LogP contribution in [-0.4, -0.2) is 10.7 Å². The Morgan fingerprint density at radius 1 is 1.00 bits per heavy atom. The Kier molecular flexibility index (Phi) is 3.28. The maximum absolute atomic E-state index is 9.54. The van der Waals surface area contributed by atoms with Gasteiger partial charge in [-0.25, -0.2) is 0 Å². The number of aromatic hydroxyl groups is 1. The summed E-state index contributed by atoms with van der Waals surface area (Å²) in [6.45, 7) is 7.37. The molecule has 23 heavy (non-hydrogen) atoms. The van der Waals surface area contributed by atoms with E-state index in [1.54, 1.807) is 12.1 Å². The summed E-state index contributed by atoms with van der Waals surface area (Å²) in [6, 6.07) is 7.35.